The number of nitrogens with zero attached hydrogens (tertiary/aromatic N) is 4. The van der Waals surface area contributed by atoms with Crippen molar-refractivity contribution in [2.24, 2.45) is 0 Å². The zero-order valence-corrected chi connectivity index (χ0v) is 17.7. The van der Waals surface area contributed by atoms with E-state index in [1.54, 1.807) is 29.1 Å². The van der Waals surface area contributed by atoms with Crippen LogP contribution in [0.5, 0.6) is 0 Å². The minimum absolute atomic E-state index is 0.281. The predicted octanol–water partition coefficient (Wildman–Crippen LogP) is 4.98. The van der Waals surface area contributed by atoms with Gasteiger partial charge in [0.25, 0.3) is 0 Å². The molecule has 2 heterocycles. The second-order valence-electron chi connectivity index (χ2n) is 7.21. The van der Waals surface area contributed by atoms with Crippen LogP contribution in [0.1, 0.15) is 21.5 Å². The number of carbonyl (C=O) groups is 1. The fourth-order valence-corrected chi connectivity index (χ4v) is 3.64. The number of benzene rings is 2. The molecule has 0 saturated carbocycles. The van der Waals surface area contributed by atoms with Crippen LogP contribution in [-0.4, -0.2) is 32.9 Å². The Labute approximate surface area is 185 Å². The molecule has 0 spiro atoms. The quantitative estimate of drug-likeness (QED) is 0.446. The smallest absolute Gasteiger partial charge is 0.336 e. The van der Waals surface area contributed by atoms with Crippen LogP contribution in [0.25, 0.3) is 11.3 Å². The molecule has 0 radical (unpaired) electrons. The Morgan fingerprint density at radius 2 is 1.87 bits per heavy atom. The molecule has 0 unspecified atom stereocenters. The van der Waals surface area contributed by atoms with E-state index in [0.717, 1.165) is 22.6 Å². The lowest BCUT2D eigenvalue weighted by Gasteiger charge is -2.19. The molecule has 156 valence electrons. The third-order valence-electron chi connectivity index (χ3n) is 5.02. The van der Waals surface area contributed by atoms with Gasteiger partial charge in [0.2, 0.25) is 0 Å². The molecule has 4 rings (SSSR count). The monoisotopic (exact) mass is 432 g/mol. The van der Waals surface area contributed by atoms with Crippen LogP contribution in [0.4, 0.5) is 5.82 Å². The molecule has 1 N–H and O–H groups in total. The number of rotatable bonds is 7. The molecule has 7 heteroatoms. The first-order valence-corrected chi connectivity index (χ1v) is 10.1. The van der Waals surface area contributed by atoms with Crippen molar-refractivity contribution in [1.82, 2.24) is 14.8 Å². The van der Waals surface area contributed by atoms with Gasteiger partial charge in [-0.2, -0.15) is 5.10 Å². The van der Waals surface area contributed by atoms with Crippen LogP contribution >= 0.6 is 11.6 Å². The van der Waals surface area contributed by atoms with E-state index >= 15 is 0 Å². The molecular formula is C24H21ClN4O2. The molecule has 31 heavy (non-hydrogen) atoms. The SMILES string of the molecule is CN(Cc1ccc(-c2ccn(Cc3ccccc3C(=O)O)n2)cc1Cl)c1ccccn1. The van der Waals surface area contributed by atoms with Gasteiger partial charge in [-0.3, -0.25) is 4.68 Å². The Hall–Kier alpha value is -3.64. The number of aromatic nitrogens is 3. The van der Waals surface area contributed by atoms with Crippen LogP contribution in [0.2, 0.25) is 5.02 Å². The number of pyridine rings is 1. The summed E-state index contributed by atoms with van der Waals surface area (Å²) in [6, 6.07) is 20.5. The molecular weight excluding hydrogens is 412 g/mol. The molecule has 2 aromatic carbocycles. The Kier molecular flexibility index (Phi) is 6.00. The molecule has 6 nitrogen and oxygen atoms in total. The standard InChI is InChI=1S/C24H21ClN4O2/c1-28(23-8-4-5-12-26-23)15-19-10-9-17(14-21(19)25)22-11-13-29(27-22)16-18-6-2-3-7-20(18)24(30)31/h2-14H,15-16H2,1H3,(H,30,31). The van der Waals surface area contributed by atoms with Crippen molar-refractivity contribution >= 4 is 23.4 Å². The summed E-state index contributed by atoms with van der Waals surface area (Å²) >= 11 is 6.56. The van der Waals surface area contributed by atoms with Crippen molar-refractivity contribution in [3.63, 3.8) is 0 Å². The molecule has 4 aromatic rings. The maximum atomic E-state index is 11.4. The largest absolute Gasteiger partial charge is 0.478 e. The molecule has 0 fully saturated rings. The predicted molar refractivity (Wildman–Crippen MR) is 122 cm³/mol. The van der Waals surface area contributed by atoms with Crippen LogP contribution < -0.4 is 4.90 Å². The summed E-state index contributed by atoms with van der Waals surface area (Å²) in [7, 11) is 1.98. The van der Waals surface area contributed by atoms with Crippen LogP contribution in [0.3, 0.4) is 0 Å². The Morgan fingerprint density at radius 3 is 2.61 bits per heavy atom. The van der Waals surface area contributed by atoms with Crippen molar-refractivity contribution in [3.05, 3.63) is 101 Å². The maximum absolute atomic E-state index is 11.4. The minimum Gasteiger partial charge on any atom is -0.478 e. The van der Waals surface area contributed by atoms with Crippen LogP contribution in [0, 0.1) is 0 Å². The van der Waals surface area contributed by atoms with Crippen molar-refractivity contribution in [2.75, 3.05) is 11.9 Å². The van der Waals surface area contributed by atoms with Crippen LogP contribution in [0.15, 0.2) is 79.1 Å². The highest BCUT2D eigenvalue weighted by Crippen LogP contribution is 2.26. The van der Waals surface area contributed by atoms with E-state index in [4.69, 9.17) is 11.6 Å². The summed E-state index contributed by atoms with van der Waals surface area (Å²) in [5.74, 6) is -0.0657. The minimum atomic E-state index is -0.943. The number of carboxylic acids is 1. The van der Waals surface area contributed by atoms with E-state index in [1.165, 1.54) is 0 Å². The van der Waals surface area contributed by atoms with Crippen molar-refractivity contribution in [1.29, 1.82) is 0 Å². The molecule has 0 bridgehead atoms. The first-order chi connectivity index (χ1) is 15.0. The lowest BCUT2D eigenvalue weighted by atomic mass is 10.1. The Bertz CT molecular complexity index is 1210. The molecule has 0 aliphatic rings. The number of hydrogen-bond donors (Lipinski definition) is 1. The average molecular weight is 433 g/mol. The second kappa shape index (κ2) is 9.02. The molecule has 0 aliphatic heterocycles. The molecule has 2 aromatic heterocycles. The Morgan fingerprint density at radius 1 is 1.06 bits per heavy atom. The fourth-order valence-electron chi connectivity index (χ4n) is 3.40. The number of halogens is 1. The number of anilines is 1. The highest BCUT2D eigenvalue weighted by atomic mass is 35.5. The first-order valence-electron chi connectivity index (χ1n) is 9.77. The van der Waals surface area contributed by atoms with Gasteiger partial charge in [-0.15, -0.1) is 0 Å². The number of hydrogen-bond acceptors (Lipinski definition) is 4. The summed E-state index contributed by atoms with van der Waals surface area (Å²) in [5.41, 5.74) is 3.66. The van der Waals surface area contributed by atoms with E-state index in [2.05, 4.69) is 10.1 Å². The van der Waals surface area contributed by atoms with Gasteiger partial charge >= 0.3 is 5.97 Å². The van der Waals surface area contributed by atoms with Gasteiger partial charge in [-0.1, -0.05) is 48.0 Å². The molecule has 0 aliphatic carbocycles. The summed E-state index contributed by atoms with van der Waals surface area (Å²) in [4.78, 5) is 17.8. The maximum Gasteiger partial charge on any atom is 0.336 e. The zero-order valence-electron chi connectivity index (χ0n) is 16.9. The van der Waals surface area contributed by atoms with Gasteiger partial charge in [0.1, 0.15) is 5.82 Å². The summed E-state index contributed by atoms with van der Waals surface area (Å²) in [6.45, 7) is 1.01. The van der Waals surface area contributed by atoms with Crippen molar-refractivity contribution in [2.45, 2.75) is 13.1 Å². The molecule has 0 saturated heterocycles. The van der Waals surface area contributed by atoms with E-state index in [1.807, 2.05) is 66.7 Å². The van der Waals surface area contributed by atoms with E-state index < -0.39 is 5.97 Å². The fraction of sp³-hybridized carbons (Fsp3) is 0.125. The molecule has 0 atom stereocenters. The highest BCUT2D eigenvalue weighted by molar-refractivity contribution is 6.31. The van der Waals surface area contributed by atoms with Gasteiger partial charge in [-0.05, 0) is 41.5 Å². The van der Waals surface area contributed by atoms with Crippen molar-refractivity contribution < 1.29 is 9.90 Å². The lowest BCUT2D eigenvalue weighted by molar-refractivity contribution is 0.0695. The zero-order chi connectivity index (χ0) is 21.8. The van der Waals surface area contributed by atoms with Crippen molar-refractivity contribution in [3.8, 4) is 11.3 Å². The summed E-state index contributed by atoms with van der Waals surface area (Å²) in [5, 5.41) is 14.6. The third kappa shape index (κ3) is 4.75. The van der Waals surface area contributed by atoms with E-state index in [0.29, 0.717) is 23.7 Å². The van der Waals surface area contributed by atoms with E-state index in [9.17, 15) is 9.90 Å². The van der Waals surface area contributed by atoms with Gasteiger partial charge in [0, 0.05) is 36.6 Å². The number of aromatic carboxylic acids is 1. The second-order valence-corrected chi connectivity index (χ2v) is 7.62. The van der Waals surface area contributed by atoms with E-state index in [-0.39, 0.29) is 5.56 Å². The lowest BCUT2D eigenvalue weighted by Crippen LogP contribution is -2.17. The van der Waals surface area contributed by atoms with Gasteiger partial charge in [-0.25, -0.2) is 9.78 Å². The summed E-state index contributed by atoms with van der Waals surface area (Å²) in [6.07, 6.45) is 3.60. The first kappa shape index (κ1) is 20.6. The third-order valence-corrected chi connectivity index (χ3v) is 5.37. The topological polar surface area (TPSA) is 71.2 Å². The number of carboxylic acid groups (broad SMARTS) is 1. The normalized spacial score (nSPS) is 10.8. The van der Waals surface area contributed by atoms with Gasteiger partial charge < -0.3 is 10.0 Å². The summed E-state index contributed by atoms with van der Waals surface area (Å²) < 4.78 is 1.73. The average Bonchev–Trinajstić information content (AvgIpc) is 3.24. The molecule has 0 amide bonds. The Balaban J connectivity index is 1.50. The van der Waals surface area contributed by atoms with Crippen LogP contribution in [-0.2, 0) is 13.1 Å². The highest BCUT2D eigenvalue weighted by Gasteiger charge is 2.12. The van der Waals surface area contributed by atoms with Gasteiger partial charge in [0.15, 0.2) is 0 Å². The van der Waals surface area contributed by atoms with Gasteiger partial charge in [0.05, 0.1) is 17.8 Å².